The molecular formula is C40H37N6O9P. The highest BCUT2D eigenvalue weighted by Crippen LogP contribution is 2.61. The summed E-state index contributed by atoms with van der Waals surface area (Å²) in [5.41, 5.74) is 6.04. The highest BCUT2D eigenvalue weighted by Gasteiger charge is 2.61. The van der Waals surface area contributed by atoms with Crippen molar-refractivity contribution in [3.05, 3.63) is 95.3 Å². The molecule has 16 heteroatoms. The van der Waals surface area contributed by atoms with Crippen molar-refractivity contribution in [3.63, 3.8) is 0 Å². The average molecular weight is 777 g/mol. The highest BCUT2D eigenvalue weighted by atomic mass is 31.2. The summed E-state index contributed by atoms with van der Waals surface area (Å²) in [6, 6.07) is 15.9. The molecule has 5 unspecified atom stereocenters. The van der Waals surface area contributed by atoms with Gasteiger partial charge < -0.3 is 44.3 Å². The van der Waals surface area contributed by atoms with E-state index < -0.39 is 55.4 Å². The van der Waals surface area contributed by atoms with Crippen molar-refractivity contribution in [3.8, 4) is 39.8 Å². The number of H-pyrrole nitrogens is 1. The van der Waals surface area contributed by atoms with Crippen LogP contribution in [0.3, 0.4) is 0 Å². The van der Waals surface area contributed by atoms with Gasteiger partial charge in [0.2, 0.25) is 17.7 Å². The number of nitrogens with zero attached hydrogens (tertiary/aromatic N) is 2. The maximum atomic E-state index is 14.3. The number of hydrogen-bond acceptors (Lipinski definition) is 10. The molecule has 6 N–H and O–H groups in total. The zero-order valence-corrected chi connectivity index (χ0v) is 31.5. The quantitative estimate of drug-likeness (QED) is 0.109. The number of benzene rings is 3. The Bertz CT molecular complexity index is 2670. The summed E-state index contributed by atoms with van der Waals surface area (Å²) < 4.78 is 37.1. The Hall–Kier alpha value is -5.73. The Kier molecular flexibility index (Phi) is 7.53. The van der Waals surface area contributed by atoms with Crippen LogP contribution in [0.15, 0.2) is 75.8 Å². The first kappa shape index (κ1) is 34.7. The van der Waals surface area contributed by atoms with Crippen molar-refractivity contribution in [1.82, 2.24) is 25.6 Å². The minimum absolute atomic E-state index is 0.0259. The van der Waals surface area contributed by atoms with Gasteiger partial charge in [-0.05, 0) is 35.1 Å². The summed E-state index contributed by atoms with van der Waals surface area (Å²) in [5.74, 6) is -0.328. The van der Waals surface area contributed by atoms with Crippen molar-refractivity contribution in [2.45, 2.75) is 63.9 Å². The molecule has 286 valence electrons. The number of rotatable bonds is 6. The standard InChI is InChI=1S/C40H37N6O9P/c1-17(2)30-38-45-32-34(54-38)40-23-9-5-8-21(20-7-6-10-25-29(20)22(15-41-25)28-16-42-37(32)52-28)31(23)46-39(40)53-27-12-11-19(13-24(27)40)14-26(35(47)44-30)43-36(48)33(18(3)4)55-56(49,50)51/h5-13,15-18,26,30,33,39,41,46H,14H2,1-4H3,(H,43,48)(H,44,47)(H2,49,50,51). The number of oxazole rings is 2. The predicted molar refractivity (Wildman–Crippen MR) is 202 cm³/mol. The van der Waals surface area contributed by atoms with Crippen LogP contribution < -0.4 is 20.7 Å². The highest BCUT2D eigenvalue weighted by molar-refractivity contribution is 7.46. The lowest BCUT2D eigenvalue weighted by Crippen LogP contribution is -2.53. The molecule has 1 spiro atoms. The van der Waals surface area contributed by atoms with Crippen molar-refractivity contribution in [2.24, 2.45) is 11.8 Å². The molecule has 0 fully saturated rings. The normalized spacial score (nSPS) is 22.1. The number of fused-ring (bicyclic) bond motifs is 7. The molecule has 0 saturated carbocycles. The van der Waals surface area contributed by atoms with Crippen LogP contribution in [0.2, 0.25) is 0 Å². The number of anilines is 1. The monoisotopic (exact) mass is 776 g/mol. The van der Waals surface area contributed by atoms with Crippen molar-refractivity contribution in [1.29, 1.82) is 0 Å². The third-order valence-corrected chi connectivity index (χ3v) is 11.8. The van der Waals surface area contributed by atoms with Gasteiger partial charge in [-0.3, -0.25) is 14.1 Å². The van der Waals surface area contributed by atoms with E-state index in [4.69, 9.17) is 28.1 Å². The average Bonchev–Trinajstić information content (AvgIpc) is 3.98. The molecule has 4 aliphatic rings. The number of amides is 2. The summed E-state index contributed by atoms with van der Waals surface area (Å²) in [4.78, 5) is 60.4. The number of carbonyl (C=O) groups is 2. The maximum Gasteiger partial charge on any atom is 0.470 e. The third kappa shape index (κ3) is 5.04. The second kappa shape index (κ2) is 12.1. The first-order valence-electron chi connectivity index (χ1n) is 18.4. The van der Waals surface area contributed by atoms with Gasteiger partial charge in [0.1, 0.15) is 29.4 Å². The van der Waals surface area contributed by atoms with Crippen LogP contribution >= 0.6 is 7.82 Å². The number of para-hydroxylation sites is 1. The van der Waals surface area contributed by atoms with E-state index in [1.54, 1.807) is 20.0 Å². The summed E-state index contributed by atoms with van der Waals surface area (Å²) in [6.07, 6.45) is 1.38. The van der Waals surface area contributed by atoms with Gasteiger partial charge in [0.15, 0.2) is 23.4 Å². The lowest BCUT2D eigenvalue weighted by atomic mass is 9.72. The second-order valence-electron chi connectivity index (χ2n) is 15.5. The molecule has 10 bridgehead atoms. The largest absolute Gasteiger partial charge is 0.470 e. The zero-order chi connectivity index (χ0) is 38.8. The van der Waals surface area contributed by atoms with Gasteiger partial charge in [-0.2, -0.15) is 0 Å². The topological polar surface area (TPSA) is 214 Å². The number of nitrogens with one attached hydrogen (secondary N) is 4. The molecule has 2 amide bonds. The molecule has 15 nitrogen and oxygen atoms in total. The molecule has 3 aromatic carbocycles. The Morgan fingerprint density at radius 3 is 2.61 bits per heavy atom. The van der Waals surface area contributed by atoms with Crippen LogP contribution in [0.5, 0.6) is 5.75 Å². The predicted octanol–water partition coefficient (Wildman–Crippen LogP) is 5.92. The molecule has 0 radical (unpaired) electrons. The third-order valence-electron chi connectivity index (χ3n) is 11.3. The summed E-state index contributed by atoms with van der Waals surface area (Å²) in [5, 5.41) is 10.5. The summed E-state index contributed by atoms with van der Waals surface area (Å²) >= 11 is 0. The number of phosphoric ester groups is 1. The van der Waals surface area contributed by atoms with Gasteiger partial charge >= 0.3 is 7.82 Å². The lowest BCUT2D eigenvalue weighted by molar-refractivity contribution is -0.135. The van der Waals surface area contributed by atoms with Crippen LogP contribution in [-0.4, -0.2) is 54.9 Å². The van der Waals surface area contributed by atoms with Gasteiger partial charge in [0.25, 0.3) is 5.91 Å². The number of phosphoric acid groups is 1. The molecule has 6 aromatic rings. The summed E-state index contributed by atoms with van der Waals surface area (Å²) in [7, 11) is -5.05. The van der Waals surface area contributed by atoms with Gasteiger partial charge in [0, 0.05) is 51.5 Å². The minimum atomic E-state index is -5.05. The SMILES string of the molecule is CC(C)C(OP(=O)(O)O)C(=O)NC1Cc2ccc3c(c2)C24c5cccc(c5NC2O3)-c2cccc3[nH]cc(c23)-c2cnc(o2)-c2nc(oc24)C(C(C)C)NC1=O. The Morgan fingerprint density at radius 2 is 1.82 bits per heavy atom. The lowest BCUT2D eigenvalue weighted by Gasteiger charge is -2.29. The second-order valence-corrected chi connectivity index (χ2v) is 16.6. The van der Waals surface area contributed by atoms with Crippen molar-refractivity contribution < 1.29 is 42.0 Å². The molecule has 4 aliphatic heterocycles. The van der Waals surface area contributed by atoms with E-state index in [0.29, 0.717) is 28.5 Å². The smallest absolute Gasteiger partial charge is 0.469 e. The first-order chi connectivity index (χ1) is 26.8. The van der Waals surface area contributed by atoms with E-state index in [9.17, 15) is 23.9 Å². The van der Waals surface area contributed by atoms with E-state index in [-0.39, 0.29) is 24.1 Å². The molecule has 56 heavy (non-hydrogen) atoms. The van der Waals surface area contributed by atoms with Crippen molar-refractivity contribution >= 4 is 36.2 Å². The van der Waals surface area contributed by atoms with Gasteiger partial charge in [-0.25, -0.2) is 14.5 Å². The fourth-order valence-corrected chi connectivity index (χ4v) is 9.37. The molecule has 0 aliphatic carbocycles. The van der Waals surface area contributed by atoms with Gasteiger partial charge in [0.05, 0.1) is 6.20 Å². The van der Waals surface area contributed by atoms with Crippen LogP contribution in [0.1, 0.15) is 62.1 Å². The van der Waals surface area contributed by atoms with Crippen LogP contribution in [0, 0.1) is 11.8 Å². The van der Waals surface area contributed by atoms with Crippen molar-refractivity contribution in [2.75, 3.05) is 5.32 Å². The van der Waals surface area contributed by atoms with E-state index in [1.165, 1.54) is 0 Å². The van der Waals surface area contributed by atoms with Gasteiger partial charge in [-0.1, -0.05) is 70.2 Å². The minimum Gasteiger partial charge on any atom is -0.469 e. The number of ether oxygens (including phenoxy) is 1. The maximum absolute atomic E-state index is 14.3. The van der Waals surface area contributed by atoms with Crippen LogP contribution in [0.25, 0.3) is 44.9 Å². The number of hydrogen-bond donors (Lipinski definition) is 6. The molecule has 10 rings (SSSR count). The molecular weight excluding hydrogens is 739 g/mol. The Labute approximate surface area is 319 Å². The molecule has 3 aromatic heterocycles. The molecule has 0 saturated heterocycles. The van der Waals surface area contributed by atoms with Crippen LogP contribution in [0.4, 0.5) is 5.69 Å². The fourth-order valence-electron chi connectivity index (χ4n) is 8.73. The Morgan fingerprint density at radius 1 is 1.02 bits per heavy atom. The number of aromatic nitrogens is 3. The van der Waals surface area contributed by atoms with E-state index >= 15 is 0 Å². The summed E-state index contributed by atoms with van der Waals surface area (Å²) in [6.45, 7) is 7.02. The molecule has 7 heterocycles. The first-order valence-corrected chi connectivity index (χ1v) is 20.0. The van der Waals surface area contributed by atoms with E-state index in [1.807, 2.05) is 56.4 Å². The van der Waals surface area contributed by atoms with E-state index in [2.05, 4.69) is 39.1 Å². The number of carbonyl (C=O) groups excluding carboxylic acids is 2. The van der Waals surface area contributed by atoms with Crippen LogP contribution in [-0.2, 0) is 30.5 Å². The molecule has 5 atom stereocenters. The zero-order valence-electron chi connectivity index (χ0n) is 30.6. The van der Waals surface area contributed by atoms with Gasteiger partial charge in [-0.15, -0.1) is 0 Å². The number of aromatic amines is 1. The van der Waals surface area contributed by atoms with E-state index in [0.717, 1.165) is 44.4 Å². The fraction of sp³-hybridized carbons (Fsp3) is 0.300. The Balaban J connectivity index is 1.22.